The molecule has 4 heteroatoms. The summed E-state index contributed by atoms with van der Waals surface area (Å²) >= 11 is 0. The zero-order chi connectivity index (χ0) is 13.2. The minimum absolute atomic E-state index is 0.360. The van der Waals surface area contributed by atoms with E-state index < -0.39 is 11.7 Å². The van der Waals surface area contributed by atoms with Crippen molar-refractivity contribution < 1.29 is 13.2 Å². The summed E-state index contributed by atoms with van der Waals surface area (Å²) in [4.78, 5) is 0. The minimum Gasteiger partial charge on any atom is -0.330 e. The Morgan fingerprint density at radius 2 is 1.72 bits per heavy atom. The Labute approximate surface area is 105 Å². The van der Waals surface area contributed by atoms with E-state index in [0.29, 0.717) is 18.5 Å². The Morgan fingerprint density at radius 3 is 2.28 bits per heavy atom. The van der Waals surface area contributed by atoms with Crippen molar-refractivity contribution in [2.45, 2.75) is 43.7 Å². The molecule has 1 aliphatic carbocycles. The molecule has 100 valence electrons. The van der Waals surface area contributed by atoms with E-state index in [9.17, 15) is 13.2 Å². The molecule has 0 atom stereocenters. The topological polar surface area (TPSA) is 26.0 Å². The van der Waals surface area contributed by atoms with Crippen molar-refractivity contribution >= 4 is 0 Å². The van der Waals surface area contributed by atoms with Crippen molar-refractivity contribution in [3.63, 3.8) is 0 Å². The summed E-state index contributed by atoms with van der Waals surface area (Å²) in [6.07, 6.45) is -0.0200. The molecular formula is C14H18F3N. The van der Waals surface area contributed by atoms with Gasteiger partial charge in [-0.25, -0.2) is 0 Å². The van der Waals surface area contributed by atoms with E-state index >= 15 is 0 Å². The van der Waals surface area contributed by atoms with Crippen LogP contribution < -0.4 is 5.73 Å². The maximum Gasteiger partial charge on any atom is 0.416 e. The Hall–Kier alpha value is -1.03. The van der Waals surface area contributed by atoms with E-state index in [0.717, 1.165) is 25.7 Å². The van der Waals surface area contributed by atoms with Gasteiger partial charge in [-0.05, 0) is 42.9 Å². The summed E-state index contributed by atoms with van der Waals surface area (Å²) in [6.45, 7) is 0.437. The smallest absolute Gasteiger partial charge is 0.330 e. The SMILES string of the molecule is NCCC1(c2ccccc2C(F)(F)F)CCCC1. The first-order chi connectivity index (χ1) is 8.49. The van der Waals surface area contributed by atoms with Gasteiger partial charge in [-0.2, -0.15) is 13.2 Å². The normalized spacial score (nSPS) is 19.1. The third-order valence-electron chi connectivity index (χ3n) is 3.99. The largest absolute Gasteiger partial charge is 0.416 e. The Balaban J connectivity index is 2.48. The summed E-state index contributed by atoms with van der Waals surface area (Å²) in [5, 5.41) is 0. The molecule has 1 saturated carbocycles. The highest BCUT2D eigenvalue weighted by Gasteiger charge is 2.42. The van der Waals surface area contributed by atoms with Crippen LogP contribution in [0.5, 0.6) is 0 Å². The summed E-state index contributed by atoms with van der Waals surface area (Å²) in [5.41, 5.74) is 5.21. The van der Waals surface area contributed by atoms with Crippen molar-refractivity contribution in [1.29, 1.82) is 0 Å². The molecule has 0 radical (unpaired) electrons. The molecule has 2 N–H and O–H groups in total. The second-order valence-corrected chi connectivity index (χ2v) is 5.07. The second-order valence-electron chi connectivity index (χ2n) is 5.07. The van der Waals surface area contributed by atoms with E-state index in [-0.39, 0.29) is 5.41 Å². The third-order valence-corrected chi connectivity index (χ3v) is 3.99. The van der Waals surface area contributed by atoms with Crippen LogP contribution in [0.25, 0.3) is 0 Å². The van der Waals surface area contributed by atoms with E-state index in [1.165, 1.54) is 12.1 Å². The zero-order valence-corrected chi connectivity index (χ0v) is 10.3. The summed E-state index contributed by atoms with van der Waals surface area (Å²) in [6, 6.07) is 5.97. The van der Waals surface area contributed by atoms with Gasteiger partial charge in [0, 0.05) is 0 Å². The molecule has 1 aliphatic rings. The van der Waals surface area contributed by atoms with Crippen LogP contribution in [0.4, 0.5) is 13.2 Å². The van der Waals surface area contributed by atoms with Crippen LogP contribution in [0.3, 0.4) is 0 Å². The van der Waals surface area contributed by atoms with Gasteiger partial charge in [0.25, 0.3) is 0 Å². The maximum atomic E-state index is 13.1. The number of alkyl halides is 3. The van der Waals surface area contributed by atoms with Gasteiger partial charge in [0.1, 0.15) is 0 Å². The molecule has 0 unspecified atom stereocenters. The summed E-state index contributed by atoms with van der Waals surface area (Å²) in [5.74, 6) is 0. The van der Waals surface area contributed by atoms with Crippen LogP contribution >= 0.6 is 0 Å². The summed E-state index contributed by atoms with van der Waals surface area (Å²) < 4.78 is 39.2. The quantitative estimate of drug-likeness (QED) is 0.874. The number of hydrogen-bond donors (Lipinski definition) is 1. The van der Waals surface area contributed by atoms with Crippen molar-refractivity contribution in [2.24, 2.45) is 5.73 Å². The van der Waals surface area contributed by atoms with E-state index in [2.05, 4.69) is 0 Å². The molecule has 1 aromatic rings. The average Bonchev–Trinajstić information content (AvgIpc) is 2.78. The van der Waals surface area contributed by atoms with E-state index in [4.69, 9.17) is 5.73 Å². The highest BCUT2D eigenvalue weighted by Crippen LogP contribution is 2.47. The molecule has 1 fully saturated rings. The van der Waals surface area contributed by atoms with E-state index in [1.54, 1.807) is 12.1 Å². The predicted molar refractivity (Wildman–Crippen MR) is 65.3 cm³/mol. The Kier molecular flexibility index (Phi) is 3.66. The van der Waals surface area contributed by atoms with Crippen LogP contribution in [0, 0.1) is 0 Å². The lowest BCUT2D eigenvalue weighted by molar-refractivity contribution is -0.138. The standard InChI is InChI=1S/C14H18F3N/c15-14(16,17)12-6-2-1-5-11(12)13(9-10-18)7-3-4-8-13/h1-2,5-6H,3-4,7-10,18H2. The van der Waals surface area contributed by atoms with Gasteiger partial charge in [-0.15, -0.1) is 0 Å². The van der Waals surface area contributed by atoms with Crippen LogP contribution in [0.1, 0.15) is 43.2 Å². The first kappa shape index (κ1) is 13.4. The van der Waals surface area contributed by atoms with Crippen molar-refractivity contribution in [3.8, 4) is 0 Å². The molecule has 0 heterocycles. The lowest BCUT2D eigenvalue weighted by atomic mass is 9.74. The number of hydrogen-bond acceptors (Lipinski definition) is 1. The van der Waals surface area contributed by atoms with Crippen molar-refractivity contribution in [1.82, 2.24) is 0 Å². The van der Waals surface area contributed by atoms with Crippen LogP contribution in [0.15, 0.2) is 24.3 Å². The third kappa shape index (κ3) is 2.39. The van der Waals surface area contributed by atoms with Crippen molar-refractivity contribution in [3.05, 3.63) is 35.4 Å². The fourth-order valence-corrected chi connectivity index (χ4v) is 3.17. The first-order valence-corrected chi connectivity index (χ1v) is 6.36. The summed E-state index contributed by atoms with van der Waals surface area (Å²) in [7, 11) is 0. The highest BCUT2D eigenvalue weighted by molar-refractivity contribution is 5.37. The molecule has 0 saturated heterocycles. The molecule has 1 nitrogen and oxygen atoms in total. The first-order valence-electron chi connectivity index (χ1n) is 6.36. The minimum atomic E-state index is -4.28. The Bertz CT molecular complexity index is 406. The molecule has 0 bridgehead atoms. The molecule has 0 aromatic heterocycles. The molecule has 2 rings (SSSR count). The number of rotatable bonds is 3. The number of halogens is 3. The predicted octanol–water partition coefficient (Wildman–Crippen LogP) is 3.87. The monoisotopic (exact) mass is 257 g/mol. The number of benzene rings is 1. The molecule has 1 aromatic carbocycles. The van der Waals surface area contributed by atoms with Gasteiger partial charge >= 0.3 is 6.18 Å². The van der Waals surface area contributed by atoms with Gasteiger partial charge in [0.15, 0.2) is 0 Å². The molecular weight excluding hydrogens is 239 g/mol. The van der Waals surface area contributed by atoms with Gasteiger partial charge in [-0.3, -0.25) is 0 Å². The molecule has 0 aliphatic heterocycles. The van der Waals surface area contributed by atoms with Gasteiger partial charge in [0.05, 0.1) is 5.56 Å². The average molecular weight is 257 g/mol. The van der Waals surface area contributed by atoms with Crippen LogP contribution in [-0.2, 0) is 11.6 Å². The fourth-order valence-electron chi connectivity index (χ4n) is 3.17. The van der Waals surface area contributed by atoms with Crippen LogP contribution in [-0.4, -0.2) is 6.54 Å². The van der Waals surface area contributed by atoms with Gasteiger partial charge in [-0.1, -0.05) is 31.0 Å². The molecule has 18 heavy (non-hydrogen) atoms. The zero-order valence-electron chi connectivity index (χ0n) is 10.3. The van der Waals surface area contributed by atoms with Gasteiger partial charge in [0.2, 0.25) is 0 Å². The lowest BCUT2D eigenvalue weighted by Crippen LogP contribution is -2.29. The lowest BCUT2D eigenvalue weighted by Gasteiger charge is -2.32. The Morgan fingerprint density at radius 1 is 1.11 bits per heavy atom. The molecule has 0 amide bonds. The second kappa shape index (κ2) is 4.92. The number of nitrogens with two attached hydrogens (primary N) is 1. The van der Waals surface area contributed by atoms with Crippen LogP contribution in [0.2, 0.25) is 0 Å². The highest BCUT2D eigenvalue weighted by atomic mass is 19.4. The van der Waals surface area contributed by atoms with Crippen molar-refractivity contribution in [2.75, 3.05) is 6.54 Å². The maximum absolute atomic E-state index is 13.1. The van der Waals surface area contributed by atoms with Gasteiger partial charge < -0.3 is 5.73 Å². The molecule has 0 spiro atoms. The fraction of sp³-hybridized carbons (Fsp3) is 0.571. The van der Waals surface area contributed by atoms with E-state index in [1.807, 2.05) is 0 Å².